The van der Waals surface area contributed by atoms with Crippen LogP contribution in [0.25, 0.3) is 0 Å². The standard InChI is InChI=1S/C9H13O3P.C4H11O3P.C2H6/c1-11-13(10,12-2)8-9-6-4-3-5-7-9;1-4-8(5,6-2)7-3;1-2/h3-7H,8H2,1-2H3;4H2,1-3H3;1-2H3. The maximum Gasteiger partial charge on any atom is 0.334 e. The molecule has 8 heteroatoms. The average Bonchev–Trinajstić information content (AvgIpc) is 2.64. The van der Waals surface area contributed by atoms with E-state index in [2.05, 4.69) is 9.05 Å². The zero-order valence-corrected chi connectivity index (χ0v) is 16.9. The molecule has 0 aliphatic rings. The molecule has 0 radical (unpaired) electrons. The predicted molar refractivity (Wildman–Crippen MR) is 95.3 cm³/mol. The molecule has 0 spiro atoms. The lowest BCUT2D eigenvalue weighted by molar-refractivity contribution is 0.274. The topological polar surface area (TPSA) is 71.1 Å². The Morgan fingerprint density at radius 3 is 1.43 bits per heavy atom. The van der Waals surface area contributed by atoms with Gasteiger partial charge in [-0.2, -0.15) is 0 Å². The van der Waals surface area contributed by atoms with Gasteiger partial charge < -0.3 is 18.1 Å². The van der Waals surface area contributed by atoms with Gasteiger partial charge in [0.1, 0.15) is 0 Å². The van der Waals surface area contributed by atoms with E-state index in [1.165, 1.54) is 28.4 Å². The van der Waals surface area contributed by atoms with Gasteiger partial charge in [0.05, 0.1) is 6.16 Å². The molecule has 1 aromatic rings. The summed E-state index contributed by atoms with van der Waals surface area (Å²) in [5.74, 6) is 0. The highest BCUT2D eigenvalue weighted by Gasteiger charge is 2.20. The molecule has 0 aromatic heterocycles. The van der Waals surface area contributed by atoms with Crippen LogP contribution < -0.4 is 0 Å². The molecule has 0 bridgehead atoms. The van der Waals surface area contributed by atoms with Crippen LogP contribution in [-0.4, -0.2) is 34.6 Å². The van der Waals surface area contributed by atoms with Gasteiger partial charge in [0, 0.05) is 34.6 Å². The van der Waals surface area contributed by atoms with Gasteiger partial charge in [-0.1, -0.05) is 51.1 Å². The van der Waals surface area contributed by atoms with Gasteiger partial charge in [-0.3, -0.25) is 9.13 Å². The second-order valence-electron chi connectivity index (χ2n) is 3.91. The van der Waals surface area contributed by atoms with Crippen LogP contribution in [0.15, 0.2) is 30.3 Å². The Bertz CT molecular complexity index is 451. The minimum atomic E-state index is -2.90. The first kappa shape index (κ1) is 24.8. The fourth-order valence-electron chi connectivity index (χ4n) is 1.34. The molecular weight excluding hydrogens is 338 g/mol. The minimum Gasteiger partial charge on any atom is -0.312 e. The van der Waals surface area contributed by atoms with E-state index in [1.807, 2.05) is 44.2 Å². The Balaban J connectivity index is 0. The summed E-state index contributed by atoms with van der Waals surface area (Å²) in [4.78, 5) is 0. The lowest BCUT2D eigenvalue weighted by Gasteiger charge is -2.12. The Kier molecular flexibility index (Phi) is 15.0. The van der Waals surface area contributed by atoms with Gasteiger partial charge >= 0.3 is 15.2 Å². The molecule has 0 saturated carbocycles. The fraction of sp³-hybridized carbons (Fsp3) is 0.600. The summed E-state index contributed by atoms with van der Waals surface area (Å²) in [6, 6.07) is 9.49. The monoisotopic (exact) mass is 368 g/mol. The highest BCUT2D eigenvalue weighted by molar-refractivity contribution is 7.53. The zero-order chi connectivity index (χ0) is 18.4. The van der Waals surface area contributed by atoms with Crippen LogP contribution >= 0.6 is 15.2 Å². The molecule has 0 amide bonds. The van der Waals surface area contributed by atoms with E-state index in [0.717, 1.165) is 5.56 Å². The van der Waals surface area contributed by atoms with Gasteiger partial charge in [0.2, 0.25) is 0 Å². The molecule has 1 aromatic carbocycles. The highest BCUT2D eigenvalue weighted by Crippen LogP contribution is 2.49. The largest absolute Gasteiger partial charge is 0.334 e. The first-order valence-electron chi connectivity index (χ1n) is 7.33. The van der Waals surface area contributed by atoms with Crippen molar-refractivity contribution in [1.82, 2.24) is 0 Å². The average molecular weight is 368 g/mol. The first-order chi connectivity index (χ1) is 10.9. The second-order valence-corrected chi connectivity index (χ2v) is 8.76. The Hall–Kier alpha value is -0.480. The van der Waals surface area contributed by atoms with Crippen molar-refractivity contribution in [3.05, 3.63) is 35.9 Å². The number of benzene rings is 1. The third-order valence-corrected chi connectivity index (χ3v) is 6.47. The number of hydrogen-bond acceptors (Lipinski definition) is 6. The molecular formula is C15H30O6P2. The van der Waals surface area contributed by atoms with Crippen LogP contribution in [0.2, 0.25) is 0 Å². The smallest absolute Gasteiger partial charge is 0.312 e. The first-order valence-corrected chi connectivity index (χ1v) is 10.8. The summed E-state index contributed by atoms with van der Waals surface area (Å²) in [6.45, 7) is 5.76. The van der Waals surface area contributed by atoms with E-state index < -0.39 is 15.2 Å². The number of hydrogen-bond donors (Lipinski definition) is 0. The molecule has 0 saturated heterocycles. The summed E-state index contributed by atoms with van der Waals surface area (Å²) >= 11 is 0. The highest BCUT2D eigenvalue weighted by atomic mass is 31.2. The molecule has 0 aliphatic heterocycles. The summed E-state index contributed by atoms with van der Waals surface area (Å²) in [5.41, 5.74) is 0.953. The van der Waals surface area contributed by atoms with Crippen LogP contribution in [0.3, 0.4) is 0 Å². The quantitative estimate of drug-likeness (QED) is 0.617. The molecule has 0 N–H and O–H groups in total. The molecule has 0 fully saturated rings. The van der Waals surface area contributed by atoms with E-state index in [1.54, 1.807) is 6.92 Å². The van der Waals surface area contributed by atoms with E-state index >= 15 is 0 Å². The predicted octanol–water partition coefficient (Wildman–Crippen LogP) is 5.19. The maximum atomic E-state index is 11.7. The third-order valence-electron chi connectivity index (χ3n) is 2.72. The van der Waals surface area contributed by atoms with Crippen LogP contribution in [0, 0.1) is 0 Å². The van der Waals surface area contributed by atoms with Gasteiger partial charge in [0.25, 0.3) is 0 Å². The van der Waals surface area contributed by atoms with E-state index in [9.17, 15) is 9.13 Å². The van der Waals surface area contributed by atoms with E-state index in [-0.39, 0.29) is 0 Å². The molecule has 1 rings (SSSR count). The van der Waals surface area contributed by atoms with E-state index in [0.29, 0.717) is 12.3 Å². The normalized spacial score (nSPS) is 10.9. The molecule has 136 valence electrons. The molecule has 0 unspecified atom stereocenters. The van der Waals surface area contributed by atoms with Crippen LogP contribution in [0.4, 0.5) is 0 Å². The van der Waals surface area contributed by atoms with Crippen molar-refractivity contribution < 1.29 is 27.2 Å². The van der Waals surface area contributed by atoms with Crippen molar-refractivity contribution in [3.8, 4) is 0 Å². The SMILES string of the molecule is CC.CCP(=O)(OC)OC.COP(=O)(Cc1ccccc1)OC. The van der Waals surface area contributed by atoms with Crippen molar-refractivity contribution >= 4 is 15.2 Å². The fourth-order valence-corrected chi connectivity index (χ4v) is 3.07. The van der Waals surface area contributed by atoms with Gasteiger partial charge in [-0.05, 0) is 5.56 Å². The molecule has 0 aliphatic carbocycles. The van der Waals surface area contributed by atoms with Gasteiger partial charge in [0.15, 0.2) is 0 Å². The summed E-state index contributed by atoms with van der Waals surface area (Å²) in [7, 11) is -0.00755. The molecule has 6 nitrogen and oxygen atoms in total. The van der Waals surface area contributed by atoms with E-state index in [4.69, 9.17) is 9.05 Å². The maximum absolute atomic E-state index is 11.7. The summed E-state index contributed by atoms with van der Waals surface area (Å²) in [6.07, 6.45) is 0.751. The Labute approximate surface area is 140 Å². The molecule has 23 heavy (non-hydrogen) atoms. The second kappa shape index (κ2) is 13.9. The van der Waals surface area contributed by atoms with Crippen molar-refractivity contribution in [2.75, 3.05) is 34.6 Å². The van der Waals surface area contributed by atoms with Crippen LogP contribution in [0.1, 0.15) is 26.3 Å². The Morgan fingerprint density at radius 1 is 0.783 bits per heavy atom. The lowest BCUT2D eigenvalue weighted by atomic mass is 10.2. The van der Waals surface area contributed by atoms with Crippen LogP contribution in [-0.2, 0) is 33.4 Å². The van der Waals surface area contributed by atoms with Crippen molar-refractivity contribution in [1.29, 1.82) is 0 Å². The van der Waals surface area contributed by atoms with Crippen molar-refractivity contribution in [3.63, 3.8) is 0 Å². The minimum absolute atomic E-state index is 0.320. The summed E-state index contributed by atoms with van der Waals surface area (Å²) < 4.78 is 41.3. The molecule has 0 atom stereocenters. The zero-order valence-electron chi connectivity index (χ0n) is 15.1. The third kappa shape index (κ3) is 10.8. The lowest BCUT2D eigenvalue weighted by Crippen LogP contribution is -1.92. The summed E-state index contributed by atoms with van der Waals surface area (Å²) in [5, 5.41) is 0. The number of rotatable bonds is 7. The van der Waals surface area contributed by atoms with Gasteiger partial charge in [-0.15, -0.1) is 0 Å². The molecule has 0 heterocycles. The van der Waals surface area contributed by atoms with Crippen molar-refractivity contribution in [2.45, 2.75) is 26.9 Å². The van der Waals surface area contributed by atoms with Gasteiger partial charge in [-0.25, -0.2) is 0 Å². The Morgan fingerprint density at radius 2 is 1.17 bits per heavy atom. The van der Waals surface area contributed by atoms with Crippen molar-refractivity contribution in [2.24, 2.45) is 0 Å². The van der Waals surface area contributed by atoms with Crippen LogP contribution in [0.5, 0.6) is 0 Å².